The molecule has 3 heteroatoms. The summed E-state index contributed by atoms with van der Waals surface area (Å²) < 4.78 is 5.50. The van der Waals surface area contributed by atoms with E-state index in [2.05, 4.69) is 15.9 Å². The molecular weight excluding hydrogens is 280 g/mol. The van der Waals surface area contributed by atoms with E-state index in [0.29, 0.717) is 23.8 Å². The second-order valence-electron chi connectivity index (χ2n) is 6.52. The van der Waals surface area contributed by atoms with Crippen molar-refractivity contribution >= 4 is 21.9 Å². The van der Waals surface area contributed by atoms with Crippen LogP contribution < -0.4 is 0 Å². The number of hydrogen-bond donors (Lipinski definition) is 0. The van der Waals surface area contributed by atoms with Crippen LogP contribution in [0.3, 0.4) is 0 Å². The Balaban J connectivity index is 1.60. The first-order chi connectivity index (χ1) is 8.19. The van der Waals surface area contributed by atoms with Crippen LogP contribution in [0.1, 0.15) is 44.9 Å². The van der Waals surface area contributed by atoms with E-state index in [-0.39, 0.29) is 5.97 Å². The van der Waals surface area contributed by atoms with E-state index in [1.54, 1.807) is 0 Å². The molecule has 0 aliphatic heterocycles. The maximum absolute atomic E-state index is 11.5. The number of halogens is 1. The van der Waals surface area contributed by atoms with Crippen molar-refractivity contribution in [2.24, 2.45) is 23.2 Å². The standard InChI is InChI=1S/C14H21BrO2/c15-2-1-13(16)17-9-14-6-10-3-11(7-14)5-12(4-10)8-14/h10-12H,1-9H2. The zero-order valence-electron chi connectivity index (χ0n) is 10.3. The molecule has 96 valence electrons. The van der Waals surface area contributed by atoms with Crippen molar-refractivity contribution in [1.82, 2.24) is 0 Å². The summed E-state index contributed by atoms with van der Waals surface area (Å²) in [5.74, 6) is 2.79. The average Bonchev–Trinajstić information content (AvgIpc) is 2.25. The first-order valence-electron chi connectivity index (χ1n) is 6.91. The third-order valence-corrected chi connectivity index (χ3v) is 5.40. The summed E-state index contributed by atoms with van der Waals surface area (Å²) in [6.07, 6.45) is 8.83. The van der Waals surface area contributed by atoms with Crippen molar-refractivity contribution in [2.75, 3.05) is 11.9 Å². The van der Waals surface area contributed by atoms with E-state index < -0.39 is 0 Å². The largest absolute Gasteiger partial charge is 0.465 e. The van der Waals surface area contributed by atoms with Crippen molar-refractivity contribution in [2.45, 2.75) is 44.9 Å². The lowest BCUT2D eigenvalue weighted by Gasteiger charge is -2.56. The fourth-order valence-electron chi connectivity index (χ4n) is 4.85. The Kier molecular flexibility index (Phi) is 3.22. The summed E-state index contributed by atoms with van der Waals surface area (Å²) >= 11 is 3.28. The monoisotopic (exact) mass is 300 g/mol. The molecule has 0 heterocycles. The van der Waals surface area contributed by atoms with Gasteiger partial charge >= 0.3 is 5.97 Å². The van der Waals surface area contributed by atoms with Crippen LogP contribution in [0.2, 0.25) is 0 Å². The number of alkyl halides is 1. The van der Waals surface area contributed by atoms with Gasteiger partial charge in [-0.15, -0.1) is 0 Å². The molecule has 0 spiro atoms. The van der Waals surface area contributed by atoms with Crippen LogP contribution >= 0.6 is 15.9 Å². The Hall–Kier alpha value is -0.0500. The van der Waals surface area contributed by atoms with Crippen LogP contribution in [0.25, 0.3) is 0 Å². The topological polar surface area (TPSA) is 26.3 Å². The van der Waals surface area contributed by atoms with E-state index in [4.69, 9.17) is 4.74 Å². The molecular formula is C14H21BrO2. The fourth-order valence-corrected chi connectivity index (χ4v) is 5.17. The lowest BCUT2D eigenvalue weighted by molar-refractivity contribution is -0.154. The second kappa shape index (κ2) is 4.56. The maximum Gasteiger partial charge on any atom is 0.306 e. The van der Waals surface area contributed by atoms with Gasteiger partial charge in [-0.05, 0) is 56.3 Å². The van der Waals surface area contributed by atoms with E-state index >= 15 is 0 Å². The van der Waals surface area contributed by atoms with Crippen molar-refractivity contribution in [3.63, 3.8) is 0 Å². The van der Waals surface area contributed by atoms with Gasteiger partial charge < -0.3 is 4.74 Å². The van der Waals surface area contributed by atoms with E-state index in [0.717, 1.165) is 17.8 Å². The molecule has 0 atom stereocenters. The molecule has 4 aliphatic rings. The first-order valence-corrected chi connectivity index (χ1v) is 8.03. The number of hydrogen-bond acceptors (Lipinski definition) is 2. The predicted octanol–water partition coefficient (Wildman–Crippen LogP) is 3.53. The van der Waals surface area contributed by atoms with E-state index in [1.165, 1.54) is 38.5 Å². The molecule has 0 saturated heterocycles. The highest BCUT2D eigenvalue weighted by Gasteiger charge is 2.51. The lowest BCUT2D eigenvalue weighted by atomic mass is 9.50. The minimum atomic E-state index is -0.0300. The third-order valence-electron chi connectivity index (χ3n) is 5.00. The summed E-state index contributed by atoms with van der Waals surface area (Å²) in [5.41, 5.74) is 0.372. The third kappa shape index (κ3) is 2.40. The summed E-state index contributed by atoms with van der Waals surface area (Å²) in [5, 5.41) is 0.715. The minimum Gasteiger partial charge on any atom is -0.465 e. The van der Waals surface area contributed by atoms with Gasteiger partial charge in [-0.2, -0.15) is 0 Å². The highest BCUT2D eigenvalue weighted by molar-refractivity contribution is 9.09. The van der Waals surface area contributed by atoms with Crippen LogP contribution in [-0.2, 0) is 9.53 Å². The quantitative estimate of drug-likeness (QED) is 0.586. The molecule has 17 heavy (non-hydrogen) atoms. The Labute approximate surface area is 112 Å². The van der Waals surface area contributed by atoms with Gasteiger partial charge in [0.05, 0.1) is 13.0 Å². The Morgan fingerprint density at radius 3 is 2.12 bits per heavy atom. The molecule has 4 fully saturated rings. The van der Waals surface area contributed by atoms with Gasteiger partial charge in [0, 0.05) is 10.7 Å². The summed E-state index contributed by atoms with van der Waals surface area (Å²) in [6.45, 7) is 0.697. The van der Waals surface area contributed by atoms with Gasteiger partial charge in [0.15, 0.2) is 0 Å². The van der Waals surface area contributed by atoms with Crippen molar-refractivity contribution in [1.29, 1.82) is 0 Å². The van der Waals surface area contributed by atoms with Crippen LogP contribution in [0.4, 0.5) is 0 Å². The van der Waals surface area contributed by atoms with Gasteiger partial charge in [-0.3, -0.25) is 4.79 Å². The molecule has 0 N–H and O–H groups in total. The first kappa shape index (κ1) is 12.0. The molecule has 0 radical (unpaired) electrons. The molecule has 0 aromatic heterocycles. The highest BCUT2D eigenvalue weighted by atomic mass is 79.9. The maximum atomic E-state index is 11.5. The van der Waals surface area contributed by atoms with Crippen molar-refractivity contribution in [3.8, 4) is 0 Å². The van der Waals surface area contributed by atoms with Crippen LogP contribution in [-0.4, -0.2) is 17.9 Å². The molecule has 0 aromatic carbocycles. The lowest BCUT2D eigenvalue weighted by Crippen LogP contribution is -2.48. The molecule has 4 bridgehead atoms. The fraction of sp³-hybridized carbons (Fsp3) is 0.929. The van der Waals surface area contributed by atoms with Crippen LogP contribution in [0.15, 0.2) is 0 Å². The van der Waals surface area contributed by atoms with Gasteiger partial charge in [0.2, 0.25) is 0 Å². The van der Waals surface area contributed by atoms with Gasteiger partial charge in [-0.1, -0.05) is 15.9 Å². The summed E-state index contributed by atoms with van der Waals surface area (Å²) in [7, 11) is 0. The van der Waals surface area contributed by atoms with Gasteiger partial charge in [0.1, 0.15) is 0 Å². The zero-order chi connectivity index (χ0) is 11.9. The average molecular weight is 301 g/mol. The van der Waals surface area contributed by atoms with E-state index in [9.17, 15) is 4.79 Å². The number of ether oxygens (including phenoxy) is 1. The number of rotatable bonds is 4. The molecule has 4 rings (SSSR count). The van der Waals surface area contributed by atoms with Crippen LogP contribution in [0, 0.1) is 23.2 Å². The van der Waals surface area contributed by atoms with Gasteiger partial charge in [0.25, 0.3) is 0 Å². The Morgan fingerprint density at radius 2 is 1.65 bits per heavy atom. The smallest absolute Gasteiger partial charge is 0.306 e. The molecule has 0 amide bonds. The normalized spacial score (nSPS) is 42.8. The SMILES string of the molecule is O=C(CCBr)OCC12CC3CC(CC(C3)C1)C2. The van der Waals surface area contributed by atoms with E-state index in [1.807, 2.05) is 0 Å². The molecule has 2 nitrogen and oxygen atoms in total. The number of carbonyl (C=O) groups excluding carboxylic acids is 1. The van der Waals surface area contributed by atoms with Gasteiger partial charge in [-0.25, -0.2) is 0 Å². The zero-order valence-corrected chi connectivity index (χ0v) is 11.9. The minimum absolute atomic E-state index is 0.0300. The number of esters is 1. The molecule has 0 aromatic rings. The molecule has 4 saturated carbocycles. The van der Waals surface area contributed by atoms with Crippen molar-refractivity contribution < 1.29 is 9.53 Å². The summed E-state index contributed by atoms with van der Waals surface area (Å²) in [4.78, 5) is 11.5. The Bertz CT molecular complexity index is 278. The Morgan fingerprint density at radius 1 is 1.12 bits per heavy atom. The number of carbonyl (C=O) groups is 1. The second-order valence-corrected chi connectivity index (χ2v) is 7.31. The van der Waals surface area contributed by atoms with Crippen LogP contribution in [0.5, 0.6) is 0 Å². The van der Waals surface area contributed by atoms with Crippen molar-refractivity contribution in [3.05, 3.63) is 0 Å². The molecule has 0 unspecified atom stereocenters. The summed E-state index contributed by atoms with van der Waals surface area (Å²) in [6, 6.07) is 0. The predicted molar refractivity (Wildman–Crippen MR) is 70.0 cm³/mol. The molecule has 4 aliphatic carbocycles. The highest BCUT2D eigenvalue weighted by Crippen LogP contribution is 2.60.